The molecule has 4 rings (SSSR count). The summed E-state index contributed by atoms with van der Waals surface area (Å²) in [5.41, 5.74) is 0.831. The molecular formula is C25H22F3NO4. The van der Waals surface area contributed by atoms with Crippen molar-refractivity contribution >= 4 is 17.5 Å². The summed E-state index contributed by atoms with van der Waals surface area (Å²) in [6.45, 7) is 3.00. The van der Waals surface area contributed by atoms with Gasteiger partial charge in [-0.3, -0.25) is 4.79 Å². The molecule has 0 bridgehead atoms. The summed E-state index contributed by atoms with van der Waals surface area (Å²) < 4.78 is 54.7. The van der Waals surface area contributed by atoms with Crippen molar-refractivity contribution in [3.63, 3.8) is 0 Å². The number of anilines is 1. The van der Waals surface area contributed by atoms with Crippen LogP contribution in [0.2, 0.25) is 0 Å². The van der Waals surface area contributed by atoms with Gasteiger partial charge < -0.3 is 18.8 Å². The second-order valence-electron chi connectivity index (χ2n) is 7.46. The minimum atomic E-state index is -4.43. The SMILES string of the molecule is O=C(/C=C/c1ccc(COc2cccc(C(F)(F)F)c2)o1)c1ccc(N2CCOCC2)cc1. The maximum Gasteiger partial charge on any atom is 0.416 e. The van der Waals surface area contributed by atoms with Gasteiger partial charge in [-0.15, -0.1) is 0 Å². The van der Waals surface area contributed by atoms with Gasteiger partial charge in [-0.1, -0.05) is 6.07 Å². The largest absolute Gasteiger partial charge is 0.486 e. The number of morpholine rings is 1. The lowest BCUT2D eigenvalue weighted by molar-refractivity contribution is -0.137. The number of halogens is 3. The number of ketones is 1. The van der Waals surface area contributed by atoms with E-state index in [2.05, 4.69) is 4.90 Å². The Morgan fingerprint density at radius 3 is 2.52 bits per heavy atom. The predicted molar refractivity (Wildman–Crippen MR) is 117 cm³/mol. The van der Waals surface area contributed by atoms with E-state index in [0.717, 1.165) is 30.9 Å². The van der Waals surface area contributed by atoms with Crippen LogP contribution in [-0.4, -0.2) is 32.1 Å². The van der Waals surface area contributed by atoms with E-state index in [0.29, 0.717) is 30.3 Å². The molecule has 0 atom stereocenters. The number of allylic oxidation sites excluding steroid dienone is 1. The van der Waals surface area contributed by atoms with Crippen LogP contribution in [0.3, 0.4) is 0 Å². The maximum atomic E-state index is 12.8. The Balaban J connectivity index is 1.32. The van der Waals surface area contributed by atoms with E-state index in [-0.39, 0.29) is 18.1 Å². The van der Waals surface area contributed by atoms with Crippen molar-refractivity contribution in [3.05, 3.63) is 89.4 Å². The number of hydrogen-bond donors (Lipinski definition) is 0. The molecule has 0 amide bonds. The Labute approximate surface area is 189 Å². The third kappa shape index (κ3) is 6.04. The van der Waals surface area contributed by atoms with Crippen molar-refractivity contribution < 1.29 is 31.9 Å². The minimum absolute atomic E-state index is 0.0356. The lowest BCUT2D eigenvalue weighted by Gasteiger charge is -2.28. The molecule has 0 saturated carbocycles. The molecule has 172 valence electrons. The van der Waals surface area contributed by atoms with E-state index in [1.165, 1.54) is 18.2 Å². The average Bonchev–Trinajstić information content (AvgIpc) is 3.29. The molecule has 0 spiro atoms. The molecule has 1 fully saturated rings. The first-order valence-electron chi connectivity index (χ1n) is 10.4. The molecule has 5 nitrogen and oxygen atoms in total. The van der Waals surface area contributed by atoms with E-state index < -0.39 is 11.7 Å². The van der Waals surface area contributed by atoms with Crippen LogP contribution in [0.25, 0.3) is 6.08 Å². The fourth-order valence-electron chi connectivity index (χ4n) is 3.39. The van der Waals surface area contributed by atoms with Crippen molar-refractivity contribution in [1.82, 2.24) is 0 Å². The first-order chi connectivity index (χ1) is 15.9. The first-order valence-corrected chi connectivity index (χ1v) is 10.4. The van der Waals surface area contributed by atoms with Gasteiger partial charge in [0, 0.05) is 24.3 Å². The van der Waals surface area contributed by atoms with E-state index in [4.69, 9.17) is 13.9 Å². The fourth-order valence-corrected chi connectivity index (χ4v) is 3.39. The van der Waals surface area contributed by atoms with E-state index in [1.54, 1.807) is 30.3 Å². The monoisotopic (exact) mass is 457 g/mol. The number of ether oxygens (including phenoxy) is 2. The molecule has 3 aromatic rings. The zero-order valence-corrected chi connectivity index (χ0v) is 17.7. The molecule has 2 heterocycles. The second kappa shape index (κ2) is 9.95. The van der Waals surface area contributed by atoms with E-state index in [9.17, 15) is 18.0 Å². The summed E-state index contributed by atoms with van der Waals surface area (Å²) in [4.78, 5) is 14.7. The number of benzene rings is 2. The summed E-state index contributed by atoms with van der Waals surface area (Å²) in [6.07, 6.45) is -1.47. The first kappa shape index (κ1) is 22.7. The van der Waals surface area contributed by atoms with Crippen molar-refractivity contribution in [3.8, 4) is 5.75 Å². The normalized spacial score (nSPS) is 14.6. The molecule has 1 aliphatic heterocycles. The highest BCUT2D eigenvalue weighted by molar-refractivity contribution is 6.06. The third-order valence-electron chi connectivity index (χ3n) is 5.15. The topological polar surface area (TPSA) is 51.9 Å². The van der Waals surface area contributed by atoms with Crippen LogP contribution in [0, 0.1) is 0 Å². The molecule has 0 N–H and O–H groups in total. The minimum Gasteiger partial charge on any atom is -0.486 e. The van der Waals surface area contributed by atoms with Gasteiger partial charge in [0.1, 0.15) is 23.9 Å². The highest BCUT2D eigenvalue weighted by atomic mass is 19.4. The van der Waals surface area contributed by atoms with E-state index in [1.807, 2.05) is 12.1 Å². The van der Waals surface area contributed by atoms with Crippen LogP contribution in [0.4, 0.5) is 18.9 Å². The average molecular weight is 457 g/mol. The van der Waals surface area contributed by atoms with Gasteiger partial charge in [0.2, 0.25) is 0 Å². The molecule has 1 aromatic heterocycles. The van der Waals surface area contributed by atoms with Gasteiger partial charge in [0.05, 0.1) is 18.8 Å². The summed E-state index contributed by atoms with van der Waals surface area (Å²) >= 11 is 0. The molecule has 0 aliphatic carbocycles. The lowest BCUT2D eigenvalue weighted by atomic mass is 10.1. The second-order valence-corrected chi connectivity index (χ2v) is 7.46. The van der Waals surface area contributed by atoms with Crippen LogP contribution < -0.4 is 9.64 Å². The van der Waals surface area contributed by atoms with Crippen LogP contribution in [0.5, 0.6) is 5.75 Å². The predicted octanol–water partition coefficient (Wildman–Crippen LogP) is 5.61. The van der Waals surface area contributed by atoms with Gasteiger partial charge in [-0.2, -0.15) is 13.2 Å². The Kier molecular flexibility index (Phi) is 6.84. The molecule has 2 aromatic carbocycles. The molecule has 8 heteroatoms. The molecule has 1 aliphatic rings. The van der Waals surface area contributed by atoms with Crippen molar-refractivity contribution in [2.24, 2.45) is 0 Å². The molecule has 0 unspecified atom stereocenters. The zero-order chi connectivity index (χ0) is 23.3. The Bertz CT molecular complexity index is 1110. The summed E-state index contributed by atoms with van der Waals surface area (Å²) in [6, 6.07) is 15.4. The zero-order valence-electron chi connectivity index (χ0n) is 17.7. The van der Waals surface area contributed by atoms with Gasteiger partial charge in [-0.25, -0.2) is 0 Å². The molecule has 33 heavy (non-hydrogen) atoms. The summed E-state index contributed by atoms with van der Waals surface area (Å²) in [5, 5.41) is 0. The Morgan fingerprint density at radius 2 is 1.79 bits per heavy atom. The third-order valence-corrected chi connectivity index (χ3v) is 5.15. The van der Waals surface area contributed by atoms with Gasteiger partial charge >= 0.3 is 6.18 Å². The van der Waals surface area contributed by atoms with Crippen LogP contribution >= 0.6 is 0 Å². The quantitative estimate of drug-likeness (QED) is 0.341. The number of nitrogens with zero attached hydrogens (tertiary/aromatic N) is 1. The van der Waals surface area contributed by atoms with Gasteiger partial charge in [-0.05, 0) is 66.7 Å². The molecular weight excluding hydrogens is 435 g/mol. The summed E-state index contributed by atoms with van der Waals surface area (Å²) in [5.74, 6) is 0.793. The smallest absolute Gasteiger partial charge is 0.416 e. The highest BCUT2D eigenvalue weighted by Crippen LogP contribution is 2.31. The van der Waals surface area contributed by atoms with Crippen LogP contribution in [-0.2, 0) is 17.5 Å². The maximum absolute atomic E-state index is 12.8. The number of furan rings is 1. The standard InChI is InChI=1S/C25H22F3NO4/c26-25(27,28)19-2-1-3-22(16-19)32-17-23-9-8-21(33-23)10-11-24(30)18-4-6-20(7-5-18)29-12-14-31-15-13-29/h1-11,16H,12-15,17H2/b11-10+. The number of alkyl halides is 3. The van der Waals surface area contributed by atoms with E-state index >= 15 is 0 Å². The number of carbonyl (C=O) groups excluding carboxylic acids is 1. The van der Waals surface area contributed by atoms with Gasteiger partial charge in [0.25, 0.3) is 0 Å². The lowest BCUT2D eigenvalue weighted by Crippen LogP contribution is -2.36. The number of hydrogen-bond acceptors (Lipinski definition) is 5. The fraction of sp³-hybridized carbons (Fsp3) is 0.240. The molecule has 0 radical (unpaired) electrons. The van der Waals surface area contributed by atoms with Gasteiger partial charge in [0.15, 0.2) is 5.78 Å². The Hall–Kier alpha value is -3.52. The van der Waals surface area contributed by atoms with Crippen LogP contribution in [0.1, 0.15) is 27.4 Å². The van der Waals surface area contributed by atoms with Crippen LogP contribution in [0.15, 0.2) is 71.2 Å². The van der Waals surface area contributed by atoms with Crippen molar-refractivity contribution in [2.75, 3.05) is 31.2 Å². The Morgan fingerprint density at radius 1 is 1.03 bits per heavy atom. The van der Waals surface area contributed by atoms with Crippen molar-refractivity contribution in [2.45, 2.75) is 12.8 Å². The summed E-state index contributed by atoms with van der Waals surface area (Å²) in [7, 11) is 0. The molecule has 1 saturated heterocycles. The highest BCUT2D eigenvalue weighted by Gasteiger charge is 2.30. The van der Waals surface area contributed by atoms with Crippen molar-refractivity contribution in [1.29, 1.82) is 0 Å². The number of rotatable bonds is 7. The number of carbonyl (C=O) groups is 1.